The Balaban J connectivity index is 2.73. The SMILES string of the molecule is COC(=O)CNC(=O)c1cc(Cl)ccc1Cl. The number of hydrogen-bond donors (Lipinski definition) is 1. The van der Waals surface area contributed by atoms with Crippen LogP contribution in [0.3, 0.4) is 0 Å². The van der Waals surface area contributed by atoms with Gasteiger partial charge in [-0.05, 0) is 18.2 Å². The number of carbonyl (C=O) groups excluding carboxylic acids is 2. The van der Waals surface area contributed by atoms with Gasteiger partial charge in [0.15, 0.2) is 0 Å². The molecule has 0 aliphatic carbocycles. The summed E-state index contributed by atoms with van der Waals surface area (Å²) in [4.78, 5) is 22.4. The van der Waals surface area contributed by atoms with Crippen molar-refractivity contribution >= 4 is 35.1 Å². The largest absolute Gasteiger partial charge is 0.468 e. The normalized spacial score (nSPS) is 9.69. The third-order valence-electron chi connectivity index (χ3n) is 1.79. The molecule has 1 rings (SSSR count). The second kappa shape index (κ2) is 5.72. The fraction of sp³-hybridized carbons (Fsp3) is 0.200. The van der Waals surface area contributed by atoms with E-state index in [4.69, 9.17) is 23.2 Å². The Labute approximate surface area is 102 Å². The van der Waals surface area contributed by atoms with Crippen molar-refractivity contribution in [3.63, 3.8) is 0 Å². The molecule has 0 saturated carbocycles. The molecule has 0 bridgehead atoms. The Hall–Kier alpha value is -1.26. The van der Waals surface area contributed by atoms with Gasteiger partial charge in [-0.2, -0.15) is 0 Å². The van der Waals surface area contributed by atoms with Gasteiger partial charge in [0.25, 0.3) is 5.91 Å². The quantitative estimate of drug-likeness (QED) is 0.846. The minimum Gasteiger partial charge on any atom is -0.468 e. The van der Waals surface area contributed by atoms with Crippen molar-refractivity contribution in [2.75, 3.05) is 13.7 Å². The minimum atomic E-state index is -0.536. The van der Waals surface area contributed by atoms with Crippen molar-refractivity contribution in [1.82, 2.24) is 5.32 Å². The van der Waals surface area contributed by atoms with Gasteiger partial charge in [-0.25, -0.2) is 0 Å². The number of methoxy groups -OCH3 is 1. The van der Waals surface area contributed by atoms with Gasteiger partial charge in [0.05, 0.1) is 17.7 Å². The van der Waals surface area contributed by atoms with E-state index >= 15 is 0 Å². The van der Waals surface area contributed by atoms with Crippen molar-refractivity contribution in [1.29, 1.82) is 0 Å². The van der Waals surface area contributed by atoms with Crippen LogP contribution in [0, 0.1) is 0 Å². The number of amides is 1. The maximum Gasteiger partial charge on any atom is 0.325 e. The fourth-order valence-corrected chi connectivity index (χ4v) is 1.37. The Morgan fingerprint density at radius 3 is 2.69 bits per heavy atom. The van der Waals surface area contributed by atoms with E-state index in [0.29, 0.717) is 5.02 Å². The number of benzene rings is 1. The zero-order valence-corrected chi connectivity index (χ0v) is 9.93. The van der Waals surface area contributed by atoms with E-state index < -0.39 is 11.9 Å². The van der Waals surface area contributed by atoms with E-state index in [0.717, 1.165) is 0 Å². The first-order chi connectivity index (χ1) is 7.54. The van der Waals surface area contributed by atoms with E-state index in [9.17, 15) is 9.59 Å². The predicted octanol–water partition coefficient (Wildman–Crippen LogP) is 1.90. The van der Waals surface area contributed by atoms with Gasteiger partial charge in [0.1, 0.15) is 6.54 Å². The van der Waals surface area contributed by atoms with Crippen LogP contribution in [0.15, 0.2) is 18.2 Å². The Morgan fingerprint density at radius 1 is 1.38 bits per heavy atom. The lowest BCUT2D eigenvalue weighted by Gasteiger charge is -2.05. The number of rotatable bonds is 3. The summed E-state index contributed by atoms with van der Waals surface area (Å²) in [5, 5.41) is 3.03. The summed E-state index contributed by atoms with van der Waals surface area (Å²) in [5.41, 5.74) is 0.220. The van der Waals surface area contributed by atoms with Crippen LogP contribution >= 0.6 is 23.2 Å². The first-order valence-electron chi connectivity index (χ1n) is 4.34. The maximum absolute atomic E-state index is 11.6. The summed E-state index contributed by atoms with van der Waals surface area (Å²) < 4.78 is 4.38. The first-order valence-corrected chi connectivity index (χ1v) is 5.10. The van der Waals surface area contributed by atoms with Crippen molar-refractivity contribution < 1.29 is 14.3 Å². The molecule has 0 aliphatic heterocycles. The molecule has 4 nitrogen and oxygen atoms in total. The number of hydrogen-bond acceptors (Lipinski definition) is 3. The summed E-state index contributed by atoms with van der Waals surface area (Å²) in [7, 11) is 1.24. The summed E-state index contributed by atoms with van der Waals surface area (Å²) in [6.07, 6.45) is 0. The Kier molecular flexibility index (Phi) is 4.58. The Morgan fingerprint density at radius 2 is 2.06 bits per heavy atom. The zero-order chi connectivity index (χ0) is 12.1. The molecule has 1 aromatic carbocycles. The highest BCUT2D eigenvalue weighted by molar-refractivity contribution is 6.35. The average Bonchev–Trinajstić information content (AvgIpc) is 2.28. The van der Waals surface area contributed by atoms with Crippen molar-refractivity contribution in [3.8, 4) is 0 Å². The third kappa shape index (κ3) is 3.40. The van der Waals surface area contributed by atoms with E-state index in [2.05, 4.69) is 10.1 Å². The second-order valence-electron chi connectivity index (χ2n) is 2.88. The summed E-state index contributed by atoms with van der Waals surface area (Å²) >= 11 is 11.5. The second-order valence-corrected chi connectivity index (χ2v) is 3.73. The Bertz CT molecular complexity index is 421. The van der Waals surface area contributed by atoms with Crippen molar-refractivity contribution in [2.24, 2.45) is 0 Å². The monoisotopic (exact) mass is 261 g/mol. The number of halogens is 2. The van der Waals surface area contributed by atoms with Crippen molar-refractivity contribution in [2.45, 2.75) is 0 Å². The van der Waals surface area contributed by atoms with Gasteiger partial charge >= 0.3 is 5.97 Å². The lowest BCUT2D eigenvalue weighted by Crippen LogP contribution is -2.30. The van der Waals surface area contributed by atoms with Gasteiger partial charge in [-0.3, -0.25) is 9.59 Å². The van der Waals surface area contributed by atoms with Crippen LogP contribution in [-0.4, -0.2) is 25.5 Å². The standard InChI is InChI=1S/C10H9Cl2NO3/c1-16-9(14)5-13-10(15)7-4-6(11)2-3-8(7)12/h2-4H,5H2,1H3,(H,13,15). The van der Waals surface area contributed by atoms with Gasteiger partial charge < -0.3 is 10.1 Å². The number of esters is 1. The number of ether oxygens (including phenoxy) is 1. The number of nitrogens with one attached hydrogen (secondary N) is 1. The first kappa shape index (κ1) is 12.8. The maximum atomic E-state index is 11.6. The highest BCUT2D eigenvalue weighted by atomic mass is 35.5. The van der Waals surface area contributed by atoms with Crippen LogP contribution in [-0.2, 0) is 9.53 Å². The molecule has 0 fully saturated rings. The van der Waals surface area contributed by atoms with Gasteiger partial charge in [0.2, 0.25) is 0 Å². The molecule has 0 atom stereocenters. The molecule has 0 aromatic heterocycles. The van der Waals surface area contributed by atoms with Crippen LogP contribution in [0.1, 0.15) is 10.4 Å². The molecule has 86 valence electrons. The molecule has 1 amide bonds. The van der Waals surface area contributed by atoms with Crippen LogP contribution in [0.5, 0.6) is 0 Å². The zero-order valence-electron chi connectivity index (χ0n) is 8.42. The lowest BCUT2D eigenvalue weighted by atomic mass is 10.2. The highest BCUT2D eigenvalue weighted by Crippen LogP contribution is 2.20. The molecule has 0 aliphatic rings. The van der Waals surface area contributed by atoms with Gasteiger partial charge in [-0.1, -0.05) is 23.2 Å². The third-order valence-corrected chi connectivity index (χ3v) is 2.36. The molecule has 1 aromatic rings. The summed E-state index contributed by atoms with van der Waals surface area (Å²) in [6, 6.07) is 4.51. The molecular weight excluding hydrogens is 253 g/mol. The lowest BCUT2D eigenvalue weighted by molar-refractivity contribution is -0.139. The molecular formula is C10H9Cl2NO3. The van der Waals surface area contributed by atoms with E-state index in [1.165, 1.54) is 19.2 Å². The average molecular weight is 262 g/mol. The van der Waals surface area contributed by atoms with Crippen molar-refractivity contribution in [3.05, 3.63) is 33.8 Å². The van der Waals surface area contributed by atoms with E-state index in [1.54, 1.807) is 6.07 Å². The van der Waals surface area contributed by atoms with E-state index in [1.807, 2.05) is 0 Å². The molecule has 0 spiro atoms. The van der Waals surface area contributed by atoms with Crippen LogP contribution in [0.2, 0.25) is 10.0 Å². The molecule has 0 heterocycles. The predicted molar refractivity (Wildman–Crippen MR) is 60.8 cm³/mol. The molecule has 16 heavy (non-hydrogen) atoms. The summed E-state index contributed by atoms with van der Waals surface area (Å²) in [5.74, 6) is -1.01. The minimum absolute atomic E-state index is 0.210. The molecule has 0 radical (unpaired) electrons. The van der Waals surface area contributed by atoms with Crippen LogP contribution in [0.25, 0.3) is 0 Å². The molecule has 1 N–H and O–H groups in total. The van der Waals surface area contributed by atoms with Crippen LogP contribution in [0.4, 0.5) is 0 Å². The fourth-order valence-electron chi connectivity index (χ4n) is 0.991. The van der Waals surface area contributed by atoms with Crippen LogP contribution < -0.4 is 5.32 Å². The number of carbonyl (C=O) groups is 2. The smallest absolute Gasteiger partial charge is 0.325 e. The van der Waals surface area contributed by atoms with Gasteiger partial charge in [-0.15, -0.1) is 0 Å². The molecule has 6 heteroatoms. The molecule has 0 saturated heterocycles. The van der Waals surface area contributed by atoms with Gasteiger partial charge in [0, 0.05) is 5.02 Å². The summed E-state index contributed by atoms with van der Waals surface area (Å²) in [6.45, 7) is -0.210. The topological polar surface area (TPSA) is 55.4 Å². The highest BCUT2D eigenvalue weighted by Gasteiger charge is 2.12. The van der Waals surface area contributed by atoms with E-state index in [-0.39, 0.29) is 17.1 Å². The molecule has 0 unspecified atom stereocenters.